The molecule has 1 aromatic heterocycles. The minimum absolute atomic E-state index is 0.0951. The molecule has 0 aliphatic carbocycles. The number of para-hydroxylation sites is 1. The standard InChI is InChI=1S/C18H16ClN3O/c19-13-6-3-5-12(11-13)16-9-4-10-22(16)18-20-15-8-2-1-7-14(15)17(23)21-18/h1-3,5-8,11,16H,4,9-10H2,(H,20,21,23). The number of halogens is 1. The van der Waals surface area contributed by atoms with Crippen LogP contribution >= 0.6 is 11.6 Å². The maximum absolute atomic E-state index is 12.3. The Hall–Kier alpha value is -2.33. The van der Waals surface area contributed by atoms with Crippen LogP contribution < -0.4 is 10.5 Å². The summed E-state index contributed by atoms with van der Waals surface area (Å²) >= 11 is 6.13. The molecule has 0 spiro atoms. The topological polar surface area (TPSA) is 49.0 Å². The fourth-order valence-corrected chi connectivity index (χ4v) is 3.49. The van der Waals surface area contributed by atoms with Crippen LogP contribution in [0.4, 0.5) is 5.95 Å². The molecule has 23 heavy (non-hydrogen) atoms. The van der Waals surface area contributed by atoms with E-state index in [4.69, 9.17) is 11.6 Å². The molecule has 3 aromatic rings. The zero-order valence-electron chi connectivity index (χ0n) is 12.5. The van der Waals surface area contributed by atoms with E-state index in [2.05, 4.69) is 20.9 Å². The molecule has 0 radical (unpaired) electrons. The second kappa shape index (κ2) is 5.70. The van der Waals surface area contributed by atoms with Gasteiger partial charge in [-0.25, -0.2) is 4.98 Å². The highest BCUT2D eigenvalue weighted by molar-refractivity contribution is 6.30. The third-order valence-electron chi connectivity index (χ3n) is 4.36. The summed E-state index contributed by atoms with van der Waals surface area (Å²) in [4.78, 5) is 22.1. The lowest BCUT2D eigenvalue weighted by Crippen LogP contribution is -2.27. The van der Waals surface area contributed by atoms with E-state index in [0.29, 0.717) is 11.3 Å². The van der Waals surface area contributed by atoms with E-state index < -0.39 is 0 Å². The maximum atomic E-state index is 12.3. The first-order valence-electron chi connectivity index (χ1n) is 7.73. The number of H-pyrrole nitrogens is 1. The Labute approximate surface area is 138 Å². The third-order valence-corrected chi connectivity index (χ3v) is 4.59. The molecule has 1 unspecified atom stereocenters. The summed E-state index contributed by atoms with van der Waals surface area (Å²) in [5.41, 5.74) is 1.79. The quantitative estimate of drug-likeness (QED) is 0.777. The Kier molecular flexibility index (Phi) is 3.54. The molecule has 1 atom stereocenters. The molecule has 1 fully saturated rings. The average molecular weight is 326 g/mol. The van der Waals surface area contributed by atoms with E-state index in [1.54, 1.807) is 6.07 Å². The summed E-state index contributed by atoms with van der Waals surface area (Å²) in [5, 5.41) is 1.35. The predicted octanol–water partition coefficient (Wildman–Crippen LogP) is 3.92. The van der Waals surface area contributed by atoms with Crippen molar-refractivity contribution >= 4 is 28.5 Å². The number of nitrogens with one attached hydrogen (secondary N) is 1. The van der Waals surface area contributed by atoms with Gasteiger partial charge in [-0.05, 0) is 42.7 Å². The number of fused-ring (bicyclic) bond motifs is 1. The first kappa shape index (κ1) is 14.3. The Balaban J connectivity index is 1.78. The number of aromatic nitrogens is 2. The highest BCUT2D eigenvalue weighted by Gasteiger charge is 2.28. The number of anilines is 1. The summed E-state index contributed by atoms with van der Waals surface area (Å²) in [6.07, 6.45) is 2.09. The average Bonchev–Trinajstić information content (AvgIpc) is 3.04. The normalized spacial score (nSPS) is 17.8. The molecule has 1 aliphatic rings. The molecular formula is C18H16ClN3O. The Bertz CT molecular complexity index is 921. The smallest absolute Gasteiger partial charge is 0.260 e. The molecule has 116 valence electrons. The maximum Gasteiger partial charge on any atom is 0.260 e. The lowest BCUT2D eigenvalue weighted by molar-refractivity contribution is 0.702. The van der Waals surface area contributed by atoms with Crippen LogP contribution in [0.25, 0.3) is 10.9 Å². The molecular weight excluding hydrogens is 310 g/mol. The van der Waals surface area contributed by atoms with Crippen LogP contribution in [0.15, 0.2) is 53.3 Å². The van der Waals surface area contributed by atoms with Gasteiger partial charge in [-0.15, -0.1) is 0 Å². The van der Waals surface area contributed by atoms with Crippen molar-refractivity contribution in [2.24, 2.45) is 0 Å². The number of aromatic amines is 1. The van der Waals surface area contributed by atoms with Crippen molar-refractivity contribution in [1.82, 2.24) is 9.97 Å². The Morgan fingerprint density at radius 1 is 1.17 bits per heavy atom. The van der Waals surface area contributed by atoms with E-state index in [1.807, 2.05) is 36.4 Å². The summed E-state index contributed by atoms with van der Waals surface area (Å²) in [6, 6.07) is 15.5. The van der Waals surface area contributed by atoms with Crippen LogP contribution in [-0.4, -0.2) is 16.5 Å². The SMILES string of the molecule is O=c1[nH]c(N2CCCC2c2cccc(Cl)c2)nc2ccccc12. The number of hydrogen-bond acceptors (Lipinski definition) is 3. The second-order valence-corrected chi connectivity index (χ2v) is 6.25. The van der Waals surface area contributed by atoms with Gasteiger partial charge in [0, 0.05) is 11.6 Å². The molecule has 4 rings (SSSR count). The highest BCUT2D eigenvalue weighted by atomic mass is 35.5. The fraction of sp³-hybridized carbons (Fsp3) is 0.222. The van der Waals surface area contributed by atoms with Gasteiger partial charge in [-0.2, -0.15) is 0 Å². The van der Waals surface area contributed by atoms with E-state index in [1.165, 1.54) is 0 Å². The van der Waals surface area contributed by atoms with Gasteiger partial charge in [0.15, 0.2) is 0 Å². The number of nitrogens with zero attached hydrogens (tertiary/aromatic N) is 2. The fourth-order valence-electron chi connectivity index (χ4n) is 3.29. The summed E-state index contributed by atoms with van der Waals surface area (Å²) in [7, 11) is 0. The molecule has 4 nitrogen and oxygen atoms in total. The third kappa shape index (κ3) is 2.59. The molecule has 0 amide bonds. The van der Waals surface area contributed by atoms with Gasteiger partial charge in [0.05, 0.1) is 16.9 Å². The van der Waals surface area contributed by atoms with Crippen molar-refractivity contribution in [3.63, 3.8) is 0 Å². The number of benzene rings is 2. The van der Waals surface area contributed by atoms with E-state index in [0.717, 1.165) is 35.5 Å². The van der Waals surface area contributed by atoms with Gasteiger partial charge in [-0.1, -0.05) is 35.9 Å². The van der Waals surface area contributed by atoms with Crippen molar-refractivity contribution in [3.8, 4) is 0 Å². The number of hydrogen-bond donors (Lipinski definition) is 1. The Morgan fingerprint density at radius 2 is 2.04 bits per heavy atom. The van der Waals surface area contributed by atoms with E-state index in [9.17, 15) is 4.79 Å². The minimum Gasteiger partial charge on any atom is -0.335 e. The van der Waals surface area contributed by atoms with Crippen LogP contribution in [-0.2, 0) is 0 Å². The molecule has 1 N–H and O–H groups in total. The molecule has 0 saturated carbocycles. The lowest BCUT2D eigenvalue weighted by atomic mass is 10.1. The lowest BCUT2D eigenvalue weighted by Gasteiger charge is -2.25. The Morgan fingerprint density at radius 3 is 2.91 bits per heavy atom. The van der Waals surface area contributed by atoms with Crippen LogP contribution in [0.2, 0.25) is 5.02 Å². The summed E-state index contributed by atoms with van der Waals surface area (Å²) in [6.45, 7) is 0.873. The summed E-state index contributed by atoms with van der Waals surface area (Å²) < 4.78 is 0. The van der Waals surface area contributed by atoms with E-state index in [-0.39, 0.29) is 11.6 Å². The van der Waals surface area contributed by atoms with Crippen molar-refractivity contribution < 1.29 is 0 Å². The molecule has 2 aromatic carbocycles. The molecule has 1 aliphatic heterocycles. The molecule has 2 heterocycles. The van der Waals surface area contributed by atoms with Gasteiger partial charge in [-0.3, -0.25) is 9.78 Å². The number of rotatable bonds is 2. The van der Waals surface area contributed by atoms with Crippen molar-refractivity contribution in [2.45, 2.75) is 18.9 Å². The van der Waals surface area contributed by atoms with Gasteiger partial charge < -0.3 is 4.90 Å². The predicted molar refractivity (Wildman–Crippen MR) is 93.1 cm³/mol. The van der Waals surface area contributed by atoms with Crippen LogP contribution in [0, 0.1) is 0 Å². The first-order valence-corrected chi connectivity index (χ1v) is 8.11. The van der Waals surface area contributed by atoms with Crippen LogP contribution in [0.3, 0.4) is 0 Å². The van der Waals surface area contributed by atoms with Crippen molar-refractivity contribution in [2.75, 3.05) is 11.4 Å². The first-order chi connectivity index (χ1) is 11.2. The second-order valence-electron chi connectivity index (χ2n) is 5.81. The zero-order chi connectivity index (χ0) is 15.8. The zero-order valence-corrected chi connectivity index (χ0v) is 13.3. The van der Waals surface area contributed by atoms with Gasteiger partial charge in [0.25, 0.3) is 5.56 Å². The van der Waals surface area contributed by atoms with Crippen molar-refractivity contribution in [3.05, 3.63) is 69.5 Å². The van der Waals surface area contributed by atoms with Gasteiger partial charge >= 0.3 is 0 Å². The largest absolute Gasteiger partial charge is 0.335 e. The minimum atomic E-state index is -0.0951. The van der Waals surface area contributed by atoms with E-state index >= 15 is 0 Å². The highest BCUT2D eigenvalue weighted by Crippen LogP contribution is 2.35. The van der Waals surface area contributed by atoms with Crippen LogP contribution in [0.1, 0.15) is 24.4 Å². The summed E-state index contributed by atoms with van der Waals surface area (Å²) in [5.74, 6) is 0.635. The monoisotopic (exact) mass is 325 g/mol. The molecule has 5 heteroatoms. The van der Waals surface area contributed by atoms with Gasteiger partial charge in [0.1, 0.15) is 0 Å². The van der Waals surface area contributed by atoms with Crippen molar-refractivity contribution in [1.29, 1.82) is 0 Å². The van der Waals surface area contributed by atoms with Crippen LogP contribution in [0.5, 0.6) is 0 Å². The molecule has 1 saturated heterocycles. The molecule has 0 bridgehead atoms. The van der Waals surface area contributed by atoms with Gasteiger partial charge in [0.2, 0.25) is 5.95 Å².